The molecule has 2 aliphatic rings. The number of nitrogens with zero attached hydrogens (tertiary/aromatic N) is 1. The van der Waals surface area contributed by atoms with Crippen molar-refractivity contribution in [2.45, 2.75) is 19.3 Å². The number of benzene rings is 1. The summed E-state index contributed by atoms with van der Waals surface area (Å²) < 4.78 is 5.34. The quantitative estimate of drug-likeness (QED) is 0.920. The molecular weight excluding hydrogens is 268 g/mol. The van der Waals surface area contributed by atoms with Crippen molar-refractivity contribution >= 4 is 17.5 Å². The van der Waals surface area contributed by atoms with Crippen LogP contribution in [0.4, 0.5) is 5.69 Å². The summed E-state index contributed by atoms with van der Waals surface area (Å²) in [5.41, 5.74) is 2.38. The predicted octanol–water partition coefficient (Wildman–Crippen LogP) is 1.68. The maximum Gasteiger partial charge on any atom is 0.253 e. The summed E-state index contributed by atoms with van der Waals surface area (Å²) in [5.74, 6) is 0.527. The number of nitrogens with one attached hydrogen (secondary N) is 1. The molecule has 0 radical (unpaired) electrons. The average Bonchev–Trinajstić information content (AvgIpc) is 2.86. The first-order valence-electron chi connectivity index (χ1n) is 7.39. The van der Waals surface area contributed by atoms with Gasteiger partial charge < -0.3 is 15.0 Å². The van der Waals surface area contributed by atoms with Gasteiger partial charge >= 0.3 is 0 Å². The van der Waals surface area contributed by atoms with Crippen molar-refractivity contribution in [3.05, 3.63) is 29.3 Å². The lowest BCUT2D eigenvalue weighted by atomic mass is 9.99. The van der Waals surface area contributed by atoms with Gasteiger partial charge in [0.05, 0.1) is 6.42 Å². The van der Waals surface area contributed by atoms with Crippen LogP contribution in [0.2, 0.25) is 0 Å². The molecule has 0 bridgehead atoms. The molecule has 5 heteroatoms. The number of rotatable bonds is 3. The highest BCUT2D eigenvalue weighted by atomic mass is 16.5. The first-order chi connectivity index (χ1) is 10.1. The molecule has 2 heterocycles. The molecule has 0 saturated carbocycles. The van der Waals surface area contributed by atoms with E-state index < -0.39 is 0 Å². The summed E-state index contributed by atoms with van der Waals surface area (Å²) in [6.45, 7) is 2.34. The van der Waals surface area contributed by atoms with E-state index in [1.807, 2.05) is 19.2 Å². The van der Waals surface area contributed by atoms with Crippen LogP contribution in [0.5, 0.6) is 0 Å². The number of hydrogen-bond acceptors (Lipinski definition) is 3. The lowest BCUT2D eigenvalue weighted by Gasteiger charge is -2.27. The number of fused-ring (bicyclic) bond motifs is 1. The summed E-state index contributed by atoms with van der Waals surface area (Å²) in [7, 11) is 1.84. The van der Waals surface area contributed by atoms with Gasteiger partial charge in [-0.3, -0.25) is 9.59 Å². The normalized spacial score (nSPS) is 18.2. The van der Waals surface area contributed by atoms with Crippen LogP contribution in [0.1, 0.15) is 28.8 Å². The predicted molar refractivity (Wildman–Crippen MR) is 79.3 cm³/mol. The number of amides is 2. The van der Waals surface area contributed by atoms with E-state index in [9.17, 15) is 9.59 Å². The average molecular weight is 288 g/mol. The molecule has 1 aromatic carbocycles. The first-order valence-corrected chi connectivity index (χ1v) is 7.39. The molecule has 0 aliphatic carbocycles. The molecule has 0 unspecified atom stereocenters. The maximum atomic E-state index is 12.5. The minimum atomic E-state index is -0.00911. The van der Waals surface area contributed by atoms with Crippen molar-refractivity contribution < 1.29 is 14.3 Å². The second-order valence-corrected chi connectivity index (χ2v) is 5.84. The van der Waals surface area contributed by atoms with E-state index in [1.54, 1.807) is 11.0 Å². The van der Waals surface area contributed by atoms with Crippen molar-refractivity contribution in [3.63, 3.8) is 0 Å². The standard InChI is InChI=1S/C16H20N2O3/c1-18(10-11-4-6-21-7-5-11)16(20)12-2-3-14-13(8-12)9-15(19)17-14/h2-3,8,11H,4-7,9-10H2,1H3,(H,17,19). The molecule has 112 valence electrons. The molecule has 1 N–H and O–H groups in total. The summed E-state index contributed by atoms with van der Waals surface area (Å²) in [5, 5.41) is 2.78. The second-order valence-electron chi connectivity index (χ2n) is 5.84. The van der Waals surface area contributed by atoms with Gasteiger partial charge in [0.2, 0.25) is 5.91 Å². The molecule has 0 aromatic heterocycles. The smallest absolute Gasteiger partial charge is 0.253 e. The Morgan fingerprint density at radius 1 is 1.38 bits per heavy atom. The highest BCUT2D eigenvalue weighted by molar-refractivity contribution is 6.01. The molecule has 3 rings (SSSR count). The van der Waals surface area contributed by atoms with Crippen molar-refractivity contribution in [2.75, 3.05) is 32.1 Å². The van der Waals surface area contributed by atoms with Crippen LogP contribution in [0.15, 0.2) is 18.2 Å². The number of anilines is 1. The third kappa shape index (κ3) is 3.08. The first kappa shape index (κ1) is 14.1. The Hall–Kier alpha value is -1.88. The Labute approximate surface area is 124 Å². The highest BCUT2D eigenvalue weighted by Crippen LogP contribution is 2.24. The molecule has 21 heavy (non-hydrogen) atoms. The van der Waals surface area contributed by atoms with Gasteiger partial charge in [0.15, 0.2) is 0 Å². The second kappa shape index (κ2) is 5.85. The zero-order valence-electron chi connectivity index (χ0n) is 12.2. The molecule has 0 spiro atoms. The Morgan fingerprint density at radius 2 is 2.14 bits per heavy atom. The van der Waals surface area contributed by atoms with Gasteiger partial charge in [0.25, 0.3) is 5.91 Å². The summed E-state index contributed by atoms with van der Waals surface area (Å²) >= 11 is 0. The third-order valence-corrected chi connectivity index (χ3v) is 4.20. The van der Waals surface area contributed by atoms with E-state index in [-0.39, 0.29) is 11.8 Å². The van der Waals surface area contributed by atoms with Gasteiger partial charge in [-0.05, 0) is 42.5 Å². The van der Waals surface area contributed by atoms with Crippen molar-refractivity contribution in [2.24, 2.45) is 5.92 Å². The summed E-state index contributed by atoms with van der Waals surface area (Å²) in [6, 6.07) is 5.43. The molecule has 5 nitrogen and oxygen atoms in total. The largest absolute Gasteiger partial charge is 0.381 e. The molecular formula is C16H20N2O3. The Morgan fingerprint density at radius 3 is 2.90 bits per heavy atom. The molecule has 1 aromatic rings. The Bertz CT molecular complexity index is 565. The monoisotopic (exact) mass is 288 g/mol. The van der Waals surface area contributed by atoms with E-state index in [2.05, 4.69) is 5.32 Å². The van der Waals surface area contributed by atoms with Crippen LogP contribution in [-0.2, 0) is 16.0 Å². The number of hydrogen-bond donors (Lipinski definition) is 1. The fraction of sp³-hybridized carbons (Fsp3) is 0.500. The van der Waals surface area contributed by atoms with E-state index in [0.29, 0.717) is 17.9 Å². The van der Waals surface area contributed by atoms with Crippen LogP contribution < -0.4 is 5.32 Å². The number of carbonyl (C=O) groups is 2. The maximum absolute atomic E-state index is 12.5. The van der Waals surface area contributed by atoms with Gasteiger partial charge in [-0.15, -0.1) is 0 Å². The summed E-state index contributed by atoms with van der Waals surface area (Å²) in [4.78, 5) is 25.6. The molecule has 1 saturated heterocycles. The molecule has 1 fully saturated rings. The zero-order valence-corrected chi connectivity index (χ0v) is 12.2. The van der Waals surface area contributed by atoms with Crippen molar-refractivity contribution in [1.29, 1.82) is 0 Å². The lowest BCUT2D eigenvalue weighted by Crippen LogP contribution is -2.34. The minimum Gasteiger partial charge on any atom is -0.381 e. The van der Waals surface area contributed by atoms with Gasteiger partial charge in [-0.2, -0.15) is 0 Å². The van der Waals surface area contributed by atoms with Crippen molar-refractivity contribution in [3.8, 4) is 0 Å². The fourth-order valence-electron chi connectivity index (χ4n) is 2.98. The fourth-order valence-corrected chi connectivity index (χ4v) is 2.98. The van der Waals surface area contributed by atoms with Gasteiger partial charge in [0.1, 0.15) is 0 Å². The lowest BCUT2D eigenvalue weighted by molar-refractivity contribution is -0.115. The van der Waals surface area contributed by atoms with Gasteiger partial charge in [-0.1, -0.05) is 0 Å². The van der Waals surface area contributed by atoms with Crippen LogP contribution in [0.3, 0.4) is 0 Å². The minimum absolute atomic E-state index is 0.00911. The summed E-state index contributed by atoms with van der Waals surface area (Å²) in [6.07, 6.45) is 2.39. The molecule has 2 amide bonds. The van der Waals surface area contributed by atoms with E-state index in [1.165, 1.54) is 0 Å². The van der Waals surface area contributed by atoms with Gasteiger partial charge in [0, 0.05) is 38.1 Å². The van der Waals surface area contributed by atoms with Gasteiger partial charge in [-0.25, -0.2) is 0 Å². The van der Waals surface area contributed by atoms with E-state index in [4.69, 9.17) is 4.74 Å². The van der Waals surface area contributed by atoms with Crippen LogP contribution in [-0.4, -0.2) is 43.5 Å². The SMILES string of the molecule is CN(CC1CCOCC1)C(=O)c1ccc2c(c1)CC(=O)N2. The Balaban J connectivity index is 1.67. The van der Waals surface area contributed by atoms with Crippen LogP contribution in [0.25, 0.3) is 0 Å². The third-order valence-electron chi connectivity index (χ3n) is 4.20. The highest BCUT2D eigenvalue weighted by Gasteiger charge is 2.22. The Kier molecular flexibility index (Phi) is 3.92. The van der Waals surface area contributed by atoms with E-state index in [0.717, 1.165) is 43.9 Å². The van der Waals surface area contributed by atoms with Crippen LogP contribution in [0, 0.1) is 5.92 Å². The number of carbonyl (C=O) groups excluding carboxylic acids is 2. The number of ether oxygens (including phenoxy) is 1. The zero-order chi connectivity index (χ0) is 14.8. The van der Waals surface area contributed by atoms with Crippen LogP contribution >= 0.6 is 0 Å². The topological polar surface area (TPSA) is 58.6 Å². The van der Waals surface area contributed by atoms with E-state index >= 15 is 0 Å². The molecule has 2 aliphatic heterocycles. The van der Waals surface area contributed by atoms with Crippen molar-refractivity contribution in [1.82, 2.24) is 4.90 Å². The molecule has 0 atom stereocenters.